The van der Waals surface area contributed by atoms with E-state index in [1.807, 2.05) is 17.9 Å². The maximum absolute atomic E-state index is 4.19. The number of hydrogen-bond acceptors (Lipinski definition) is 1. The number of hydrogen-bond donors (Lipinski definition) is 0. The number of rotatable bonds is 0. The molecule has 0 bridgehead atoms. The van der Waals surface area contributed by atoms with Gasteiger partial charge < -0.3 is 0 Å². The van der Waals surface area contributed by atoms with Crippen molar-refractivity contribution < 1.29 is 0 Å². The van der Waals surface area contributed by atoms with E-state index in [2.05, 4.69) is 40.1 Å². The molecule has 1 aromatic heterocycles. The third-order valence-corrected chi connectivity index (χ3v) is 2.99. The number of aryl methyl sites for hydroxylation is 2. The van der Waals surface area contributed by atoms with Crippen LogP contribution in [0.1, 0.15) is 5.56 Å². The second-order valence-corrected chi connectivity index (χ2v) is 3.73. The summed E-state index contributed by atoms with van der Waals surface area (Å²) < 4.78 is 3.03. The molecule has 0 unspecified atom stereocenters. The average Bonchev–Trinajstić information content (AvgIpc) is 2.41. The molecule has 62 valence electrons. The Hall–Kier alpha value is -0.830. The predicted octanol–water partition coefficient (Wildman–Crippen LogP) is 2.64. The Morgan fingerprint density at radius 2 is 2.17 bits per heavy atom. The van der Waals surface area contributed by atoms with Crippen molar-refractivity contribution >= 4 is 26.8 Å². The number of fused-ring (bicyclic) bond motifs is 1. The standard InChI is InChI=1S/C9H9BrN2/c1-6-7-5-11-12(2)9(7)4-3-8(6)10/h3-5H,1-2H3. The molecule has 12 heavy (non-hydrogen) atoms. The van der Waals surface area contributed by atoms with Gasteiger partial charge in [0.2, 0.25) is 0 Å². The summed E-state index contributed by atoms with van der Waals surface area (Å²) in [7, 11) is 1.95. The van der Waals surface area contributed by atoms with Gasteiger partial charge in [-0.3, -0.25) is 4.68 Å². The van der Waals surface area contributed by atoms with Crippen LogP contribution in [-0.4, -0.2) is 9.78 Å². The van der Waals surface area contributed by atoms with Crippen LogP contribution in [0.5, 0.6) is 0 Å². The maximum Gasteiger partial charge on any atom is 0.0682 e. The quantitative estimate of drug-likeness (QED) is 0.673. The van der Waals surface area contributed by atoms with E-state index in [0.717, 1.165) is 4.47 Å². The van der Waals surface area contributed by atoms with Gasteiger partial charge in [-0.2, -0.15) is 5.10 Å². The lowest BCUT2D eigenvalue weighted by Crippen LogP contribution is -1.88. The molecule has 2 rings (SSSR count). The maximum atomic E-state index is 4.19. The lowest BCUT2D eigenvalue weighted by atomic mass is 10.1. The van der Waals surface area contributed by atoms with Crippen LogP contribution in [0.3, 0.4) is 0 Å². The summed E-state index contributed by atoms with van der Waals surface area (Å²) in [6.45, 7) is 2.09. The summed E-state index contributed by atoms with van der Waals surface area (Å²) in [6, 6.07) is 4.12. The second-order valence-electron chi connectivity index (χ2n) is 2.87. The molecule has 0 aliphatic carbocycles. The molecule has 0 atom stereocenters. The number of benzene rings is 1. The molecule has 1 heterocycles. The predicted molar refractivity (Wildman–Crippen MR) is 53.2 cm³/mol. The third kappa shape index (κ3) is 0.966. The minimum atomic E-state index is 1.14. The van der Waals surface area contributed by atoms with E-state index < -0.39 is 0 Å². The molecule has 3 heteroatoms. The van der Waals surface area contributed by atoms with E-state index >= 15 is 0 Å². The van der Waals surface area contributed by atoms with Crippen LogP contribution in [0.25, 0.3) is 10.9 Å². The minimum absolute atomic E-state index is 1.14. The summed E-state index contributed by atoms with van der Waals surface area (Å²) in [5.41, 5.74) is 2.43. The fourth-order valence-corrected chi connectivity index (χ4v) is 1.69. The SMILES string of the molecule is Cc1c(Br)ccc2c1cnn2C. The van der Waals surface area contributed by atoms with Gasteiger partial charge in [0, 0.05) is 16.9 Å². The lowest BCUT2D eigenvalue weighted by Gasteiger charge is -1.99. The van der Waals surface area contributed by atoms with E-state index in [1.54, 1.807) is 0 Å². The molecule has 0 saturated carbocycles. The molecule has 0 aliphatic rings. The van der Waals surface area contributed by atoms with Gasteiger partial charge in [-0.05, 0) is 24.6 Å². The van der Waals surface area contributed by atoms with Crippen molar-refractivity contribution in [1.82, 2.24) is 9.78 Å². The van der Waals surface area contributed by atoms with Crippen LogP contribution < -0.4 is 0 Å². The van der Waals surface area contributed by atoms with Crippen LogP contribution in [-0.2, 0) is 7.05 Å². The summed E-state index contributed by atoms with van der Waals surface area (Å²) >= 11 is 3.49. The zero-order valence-electron chi connectivity index (χ0n) is 7.00. The topological polar surface area (TPSA) is 17.8 Å². The first-order chi connectivity index (χ1) is 5.70. The third-order valence-electron chi connectivity index (χ3n) is 2.13. The lowest BCUT2D eigenvalue weighted by molar-refractivity contribution is 0.797. The fraction of sp³-hybridized carbons (Fsp3) is 0.222. The highest BCUT2D eigenvalue weighted by Gasteiger charge is 2.03. The first kappa shape index (κ1) is 7.80. The van der Waals surface area contributed by atoms with Crippen molar-refractivity contribution in [2.75, 3.05) is 0 Å². The molecule has 0 amide bonds. The average molecular weight is 225 g/mol. The Bertz CT molecular complexity index is 431. The molecule has 0 spiro atoms. The van der Waals surface area contributed by atoms with Crippen molar-refractivity contribution in [3.63, 3.8) is 0 Å². The normalized spacial score (nSPS) is 10.9. The van der Waals surface area contributed by atoms with Crippen LogP contribution in [0.4, 0.5) is 0 Å². The molecule has 0 radical (unpaired) electrons. The monoisotopic (exact) mass is 224 g/mol. The molecule has 1 aromatic carbocycles. The second kappa shape index (κ2) is 2.59. The molecule has 0 N–H and O–H groups in total. The van der Waals surface area contributed by atoms with Crippen LogP contribution in [0.2, 0.25) is 0 Å². The van der Waals surface area contributed by atoms with Gasteiger partial charge in [-0.15, -0.1) is 0 Å². The first-order valence-corrected chi connectivity index (χ1v) is 4.56. The zero-order valence-corrected chi connectivity index (χ0v) is 8.59. The van der Waals surface area contributed by atoms with Gasteiger partial charge in [0.05, 0.1) is 11.7 Å². The highest BCUT2D eigenvalue weighted by Crippen LogP contribution is 2.24. The van der Waals surface area contributed by atoms with E-state index in [9.17, 15) is 0 Å². The molecule has 0 saturated heterocycles. The van der Waals surface area contributed by atoms with Crippen molar-refractivity contribution in [3.8, 4) is 0 Å². The number of nitrogens with zero attached hydrogens (tertiary/aromatic N) is 2. The van der Waals surface area contributed by atoms with Crippen LogP contribution in [0.15, 0.2) is 22.8 Å². The van der Waals surface area contributed by atoms with E-state index in [4.69, 9.17) is 0 Å². The Labute approximate surface area is 79.3 Å². The van der Waals surface area contributed by atoms with Gasteiger partial charge in [0.15, 0.2) is 0 Å². The molecule has 0 fully saturated rings. The fourth-order valence-electron chi connectivity index (χ4n) is 1.34. The van der Waals surface area contributed by atoms with Gasteiger partial charge in [-0.1, -0.05) is 15.9 Å². The number of halogens is 1. The van der Waals surface area contributed by atoms with E-state index in [-0.39, 0.29) is 0 Å². The number of aromatic nitrogens is 2. The van der Waals surface area contributed by atoms with E-state index in [0.29, 0.717) is 0 Å². The summed E-state index contributed by atoms with van der Waals surface area (Å²) in [5, 5.41) is 5.41. The minimum Gasteiger partial charge on any atom is -0.268 e. The highest BCUT2D eigenvalue weighted by molar-refractivity contribution is 9.10. The summed E-state index contributed by atoms with van der Waals surface area (Å²) in [6.07, 6.45) is 1.90. The van der Waals surface area contributed by atoms with Crippen molar-refractivity contribution in [1.29, 1.82) is 0 Å². The highest BCUT2D eigenvalue weighted by atomic mass is 79.9. The summed E-state index contributed by atoms with van der Waals surface area (Å²) in [4.78, 5) is 0. The molecular weight excluding hydrogens is 216 g/mol. The van der Waals surface area contributed by atoms with Gasteiger partial charge in [-0.25, -0.2) is 0 Å². The van der Waals surface area contributed by atoms with Gasteiger partial charge >= 0.3 is 0 Å². The van der Waals surface area contributed by atoms with E-state index in [1.165, 1.54) is 16.5 Å². The largest absolute Gasteiger partial charge is 0.268 e. The molecule has 2 nitrogen and oxygen atoms in total. The molecule has 2 aromatic rings. The van der Waals surface area contributed by atoms with Crippen LogP contribution >= 0.6 is 15.9 Å². The van der Waals surface area contributed by atoms with Gasteiger partial charge in [0.1, 0.15) is 0 Å². The van der Waals surface area contributed by atoms with Crippen molar-refractivity contribution in [3.05, 3.63) is 28.4 Å². The molecular formula is C9H9BrN2. The zero-order chi connectivity index (χ0) is 8.72. The Morgan fingerprint density at radius 1 is 1.42 bits per heavy atom. The molecule has 0 aliphatic heterocycles. The van der Waals surface area contributed by atoms with Crippen molar-refractivity contribution in [2.24, 2.45) is 7.05 Å². The van der Waals surface area contributed by atoms with Crippen molar-refractivity contribution in [2.45, 2.75) is 6.92 Å². The summed E-state index contributed by atoms with van der Waals surface area (Å²) in [5.74, 6) is 0. The Kier molecular flexibility index (Phi) is 1.68. The smallest absolute Gasteiger partial charge is 0.0682 e. The van der Waals surface area contributed by atoms with Crippen LogP contribution in [0, 0.1) is 6.92 Å². The first-order valence-electron chi connectivity index (χ1n) is 3.77. The van der Waals surface area contributed by atoms with Gasteiger partial charge in [0.25, 0.3) is 0 Å². The Balaban J connectivity index is 2.93. The Morgan fingerprint density at radius 3 is 2.92 bits per heavy atom.